The third-order valence-electron chi connectivity index (χ3n) is 4.67. The van der Waals surface area contributed by atoms with Crippen molar-refractivity contribution in [3.8, 4) is 11.5 Å². The summed E-state index contributed by atoms with van der Waals surface area (Å²) in [5.41, 5.74) is 2.14. The quantitative estimate of drug-likeness (QED) is 0.774. The van der Waals surface area contributed by atoms with Crippen LogP contribution in [0.2, 0.25) is 0 Å². The Kier molecular flexibility index (Phi) is 4.34. The predicted molar refractivity (Wildman–Crippen MR) is 96.6 cm³/mol. The molecule has 0 saturated carbocycles. The van der Waals surface area contributed by atoms with Gasteiger partial charge in [-0.15, -0.1) is 0 Å². The van der Waals surface area contributed by atoms with Crippen LogP contribution in [0.25, 0.3) is 0 Å². The Labute approximate surface area is 151 Å². The first-order valence-electron chi connectivity index (χ1n) is 8.73. The van der Waals surface area contributed by atoms with E-state index in [4.69, 9.17) is 9.47 Å². The molecule has 0 unspecified atom stereocenters. The van der Waals surface area contributed by atoms with E-state index in [2.05, 4.69) is 17.0 Å². The Morgan fingerprint density at radius 2 is 1.73 bits per heavy atom. The second-order valence-electron chi connectivity index (χ2n) is 6.35. The maximum absolute atomic E-state index is 12.5. The molecule has 2 aliphatic heterocycles. The van der Waals surface area contributed by atoms with Crippen LogP contribution < -0.4 is 14.4 Å². The molecule has 4 rings (SSSR count). The average Bonchev–Trinajstić information content (AvgIpc) is 2.91. The van der Waals surface area contributed by atoms with Crippen molar-refractivity contribution in [1.29, 1.82) is 0 Å². The maximum atomic E-state index is 12.5. The zero-order valence-corrected chi connectivity index (χ0v) is 14.6. The monoisotopic (exact) mass is 352 g/mol. The van der Waals surface area contributed by atoms with Crippen LogP contribution in [0.15, 0.2) is 42.5 Å². The first-order chi connectivity index (χ1) is 12.7. The molecule has 0 aromatic heterocycles. The molecule has 2 aromatic rings. The number of amides is 1. The number of anilines is 1. The number of benzene rings is 2. The molecule has 6 heteroatoms. The third-order valence-corrected chi connectivity index (χ3v) is 4.67. The molecule has 0 spiro atoms. The van der Waals surface area contributed by atoms with Crippen molar-refractivity contribution in [2.45, 2.75) is 13.5 Å². The van der Waals surface area contributed by atoms with Crippen LogP contribution in [-0.2, 0) is 11.3 Å². The SMILES string of the molecule is CCN(Cc1ccccc1)CN1C(=O)C(=O)c2cc3c(cc21)OCCO3. The Hall–Kier alpha value is -2.86. The lowest BCUT2D eigenvalue weighted by atomic mass is 10.1. The molecule has 0 aliphatic carbocycles. The molecule has 0 N–H and O–H groups in total. The highest BCUT2D eigenvalue weighted by Gasteiger charge is 2.38. The standard InChI is InChI=1S/C20H20N2O4/c1-2-21(12-14-6-4-3-5-7-14)13-22-16-11-18-17(25-8-9-26-18)10-15(16)19(23)20(22)24/h3-7,10-11H,2,8-9,12-13H2,1H3. The van der Waals surface area contributed by atoms with Crippen LogP contribution >= 0.6 is 0 Å². The molecule has 134 valence electrons. The number of carbonyl (C=O) groups excluding carboxylic acids is 2. The van der Waals surface area contributed by atoms with Crippen LogP contribution in [0.5, 0.6) is 11.5 Å². The van der Waals surface area contributed by atoms with Gasteiger partial charge in [0.25, 0.3) is 5.78 Å². The summed E-state index contributed by atoms with van der Waals surface area (Å²) in [7, 11) is 0. The van der Waals surface area contributed by atoms with Crippen molar-refractivity contribution in [1.82, 2.24) is 4.90 Å². The lowest BCUT2D eigenvalue weighted by molar-refractivity contribution is -0.114. The average molecular weight is 352 g/mol. The van der Waals surface area contributed by atoms with Crippen LogP contribution in [-0.4, -0.2) is 43.0 Å². The first-order valence-corrected chi connectivity index (χ1v) is 8.73. The van der Waals surface area contributed by atoms with Crippen molar-refractivity contribution in [3.05, 3.63) is 53.6 Å². The number of ketones is 1. The van der Waals surface area contributed by atoms with E-state index in [0.29, 0.717) is 49.2 Å². The van der Waals surface area contributed by atoms with Gasteiger partial charge in [0, 0.05) is 12.6 Å². The number of nitrogens with zero attached hydrogens (tertiary/aromatic N) is 2. The molecule has 6 nitrogen and oxygen atoms in total. The lowest BCUT2D eigenvalue weighted by Gasteiger charge is -2.27. The van der Waals surface area contributed by atoms with E-state index in [1.807, 2.05) is 25.1 Å². The number of Topliss-reactive ketones (excluding diaryl/α,β-unsaturated/α-hetero) is 1. The van der Waals surface area contributed by atoms with Gasteiger partial charge in [0.1, 0.15) is 13.2 Å². The van der Waals surface area contributed by atoms with E-state index in [1.165, 1.54) is 4.90 Å². The summed E-state index contributed by atoms with van der Waals surface area (Å²) < 4.78 is 11.1. The summed E-state index contributed by atoms with van der Waals surface area (Å²) in [6, 6.07) is 13.4. The van der Waals surface area contributed by atoms with Gasteiger partial charge in [-0.1, -0.05) is 37.3 Å². The minimum absolute atomic E-state index is 0.350. The first kappa shape index (κ1) is 16.6. The van der Waals surface area contributed by atoms with Gasteiger partial charge in [0.15, 0.2) is 11.5 Å². The van der Waals surface area contributed by atoms with Gasteiger partial charge in [0.05, 0.1) is 17.9 Å². The molecule has 0 bridgehead atoms. The Morgan fingerprint density at radius 1 is 1.04 bits per heavy atom. The van der Waals surface area contributed by atoms with E-state index >= 15 is 0 Å². The number of hydrogen-bond donors (Lipinski definition) is 0. The molecular weight excluding hydrogens is 332 g/mol. The summed E-state index contributed by atoms with van der Waals surface area (Å²) in [5, 5.41) is 0. The summed E-state index contributed by atoms with van der Waals surface area (Å²) >= 11 is 0. The normalized spacial score (nSPS) is 15.5. The minimum Gasteiger partial charge on any atom is -0.486 e. The molecule has 2 aliphatic rings. The molecule has 2 aromatic carbocycles. The maximum Gasteiger partial charge on any atom is 0.300 e. The van der Waals surface area contributed by atoms with E-state index in [-0.39, 0.29) is 0 Å². The largest absolute Gasteiger partial charge is 0.486 e. The number of carbonyl (C=O) groups is 2. The van der Waals surface area contributed by atoms with Crippen molar-refractivity contribution >= 4 is 17.4 Å². The molecule has 0 saturated heterocycles. The van der Waals surface area contributed by atoms with E-state index in [1.54, 1.807) is 12.1 Å². The second-order valence-corrected chi connectivity index (χ2v) is 6.35. The van der Waals surface area contributed by atoms with E-state index in [9.17, 15) is 9.59 Å². The van der Waals surface area contributed by atoms with E-state index < -0.39 is 11.7 Å². The van der Waals surface area contributed by atoms with Crippen LogP contribution in [0, 0.1) is 0 Å². The molecule has 0 atom stereocenters. The van der Waals surface area contributed by atoms with Crippen molar-refractivity contribution < 1.29 is 19.1 Å². The van der Waals surface area contributed by atoms with Gasteiger partial charge in [-0.3, -0.25) is 19.4 Å². The van der Waals surface area contributed by atoms with Gasteiger partial charge in [0.2, 0.25) is 0 Å². The number of rotatable bonds is 5. The van der Waals surface area contributed by atoms with Gasteiger partial charge < -0.3 is 9.47 Å². The van der Waals surface area contributed by atoms with Gasteiger partial charge >= 0.3 is 5.91 Å². The summed E-state index contributed by atoms with van der Waals surface area (Å²) in [6.45, 7) is 4.75. The number of fused-ring (bicyclic) bond motifs is 2. The van der Waals surface area contributed by atoms with Crippen molar-refractivity contribution in [3.63, 3.8) is 0 Å². The van der Waals surface area contributed by atoms with Gasteiger partial charge in [-0.2, -0.15) is 0 Å². The Bertz CT molecular complexity index is 850. The topological polar surface area (TPSA) is 59.1 Å². The highest BCUT2D eigenvalue weighted by atomic mass is 16.6. The van der Waals surface area contributed by atoms with Crippen molar-refractivity contribution in [2.24, 2.45) is 0 Å². The van der Waals surface area contributed by atoms with Crippen LogP contribution in [0.4, 0.5) is 5.69 Å². The molecule has 2 heterocycles. The second kappa shape index (κ2) is 6.80. The molecule has 0 radical (unpaired) electrons. The molecular formula is C20H20N2O4. The highest BCUT2D eigenvalue weighted by molar-refractivity contribution is 6.52. The number of ether oxygens (including phenoxy) is 2. The van der Waals surface area contributed by atoms with Gasteiger partial charge in [-0.25, -0.2) is 0 Å². The summed E-state index contributed by atoms with van der Waals surface area (Å²) in [5.74, 6) is 0.102. The van der Waals surface area contributed by atoms with Crippen LogP contribution in [0.3, 0.4) is 0 Å². The molecule has 1 amide bonds. The smallest absolute Gasteiger partial charge is 0.300 e. The Balaban J connectivity index is 1.61. The minimum atomic E-state index is -0.506. The van der Waals surface area contributed by atoms with E-state index in [0.717, 1.165) is 12.1 Å². The van der Waals surface area contributed by atoms with Crippen molar-refractivity contribution in [2.75, 3.05) is 31.3 Å². The fourth-order valence-electron chi connectivity index (χ4n) is 3.27. The zero-order chi connectivity index (χ0) is 18.1. The summed E-state index contributed by atoms with van der Waals surface area (Å²) in [6.07, 6.45) is 0. The number of hydrogen-bond acceptors (Lipinski definition) is 5. The summed E-state index contributed by atoms with van der Waals surface area (Å²) in [4.78, 5) is 28.6. The highest BCUT2D eigenvalue weighted by Crippen LogP contribution is 2.40. The fourth-order valence-corrected chi connectivity index (χ4v) is 3.27. The van der Waals surface area contributed by atoms with Gasteiger partial charge in [-0.05, 0) is 18.2 Å². The van der Waals surface area contributed by atoms with Crippen LogP contribution in [0.1, 0.15) is 22.8 Å². The third kappa shape index (κ3) is 2.93. The predicted octanol–water partition coefficient (Wildman–Crippen LogP) is 2.47. The Morgan fingerprint density at radius 3 is 2.42 bits per heavy atom. The fraction of sp³-hybridized carbons (Fsp3) is 0.300. The molecule has 26 heavy (non-hydrogen) atoms. The zero-order valence-electron chi connectivity index (χ0n) is 14.6. The molecule has 0 fully saturated rings. The lowest BCUT2D eigenvalue weighted by Crippen LogP contribution is -2.40.